The fraction of sp³-hybridized carbons (Fsp3) is 0.286. The van der Waals surface area contributed by atoms with Gasteiger partial charge in [0.1, 0.15) is 12.4 Å². The van der Waals surface area contributed by atoms with E-state index in [0.29, 0.717) is 31.3 Å². The zero-order valence-corrected chi connectivity index (χ0v) is 15.5. The summed E-state index contributed by atoms with van der Waals surface area (Å²) in [5.74, 6) is 2.04. The molecule has 0 aliphatic heterocycles. The van der Waals surface area contributed by atoms with E-state index in [0.717, 1.165) is 11.3 Å². The smallest absolute Gasteiger partial charge is 0.246 e. The first kappa shape index (κ1) is 19.4. The van der Waals surface area contributed by atoms with Gasteiger partial charge in [0.2, 0.25) is 5.91 Å². The topological polar surface area (TPSA) is 48.0 Å². The Hall–Kier alpha value is -2.95. The molecule has 0 bridgehead atoms. The third-order valence-corrected chi connectivity index (χ3v) is 3.72. The lowest BCUT2D eigenvalue weighted by atomic mass is 10.2. The second kappa shape index (κ2) is 10.1. The van der Waals surface area contributed by atoms with Crippen molar-refractivity contribution in [3.05, 3.63) is 60.2 Å². The van der Waals surface area contributed by atoms with Gasteiger partial charge < -0.3 is 19.1 Å². The van der Waals surface area contributed by atoms with Crippen LogP contribution in [-0.2, 0) is 4.79 Å². The Balaban J connectivity index is 1.88. The van der Waals surface area contributed by atoms with E-state index < -0.39 is 0 Å². The number of likely N-dealkylation sites (N-methyl/N-ethyl adjacent to an activating group) is 1. The molecule has 5 heteroatoms. The average molecular weight is 355 g/mol. The molecule has 26 heavy (non-hydrogen) atoms. The average Bonchev–Trinajstić information content (AvgIpc) is 2.67. The number of carbonyl (C=O) groups is 1. The Morgan fingerprint density at radius 2 is 1.85 bits per heavy atom. The number of rotatable bonds is 9. The van der Waals surface area contributed by atoms with Gasteiger partial charge in [0.05, 0.1) is 20.3 Å². The molecule has 0 fully saturated rings. The van der Waals surface area contributed by atoms with Gasteiger partial charge in [-0.2, -0.15) is 0 Å². The molecule has 0 atom stereocenters. The lowest BCUT2D eigenvalue weighted by Gasteiger charge is -2.15. The molecule has 0 saturated carbocycles. The molecule has 0 radical (unpaired) electrons. The predicted molar refractivity (Wildman–Crippen MR) is 103 cm³/mol. The zero-order valence-electron chi connectivity index (χ0n) is 15.5. The highest BCUT2D eigenvalue weighted by molar-refractivity contribution is 5.91. The van der Waals surface area contributed by atoms with E-state index in [9.17, 15) is 4.79 Å². The Bertz CT molecular complexity index is 728. The van der Waals surface area contributed by atoms with E-state index in [-0.39, 0.29) is 5.91 Å². The van der Waals surface area contributed by atoms with Crippen molar-refractivity contribution in [3.8, 4) is 17.2 Å². The van der Waals surface area contributed by atoms with Crippen molar-refractivity contribution in [1.29, 1.82) is 0 Å². The molecule has 0 unspecified atom stereocenters. The quantitative estimate of drug-likeness (QED) is 0.644. The minimum atomic E-state index is -0.0876. The summed E-state index contributed by atoms with van der Waals surface area (Å²) >= 11 is 0. The minimum absolute atomic E-state index is 0.0876. The SMILES string of the molecule is CCOc1cc(/C=C/C(=O)N(C)CCOc2ccccc2)ccc1OC. The van der Waals surface area contributed by atoms with Crippen molar-refractivity contribution in [3.63, 3.8) is 0 Å². The van der Waals surface area contributed by atoms with E-state index in [1.165, 1.54) is 0 Å². The van der Waals surface area contributed by atoms with Crippen molar-refractivity contribution in [2.75, 3.05) is 33.9 Å². The summed E-state index contributed by atoms with van der Waals surface area (Å²) in [6, 6.07) is 15.1. The normalized spacial score (nSPS) is 10.6. The second-order valence-electron chi connectivity index (χ2n) is 5.60. The van der Waals surface area contributed by atoms with Crippen LogP contribution >= 0.6 is 0 Å². The van der Waals surface area contributed by atoms with Gasteiger partial charge in [-0.1, -0.05) is 24.3 Å². The van der Waals surface area contributed by atoms with Crippen LogP contribution in [0.1, 0.15) is 12.5 Å². The molecular weight excluding hydrogens is 330 g/mol. The summed E-state index contributed by atoms with van der Waals surface area (Å²) in [5, 5.41) is 0. The summed E-state index contributed by atoms with van der Waals surface area (Å²) in [5.41, 5.74) is 0.872. The standard InChI is InChI=1S/C21H25NO4/c1-4-25-20-16-17(10-12-19(20)24-3)11-13-21(23)22(2)14-15-26-18-8-6-5-7-9-18/h5-13,16H,4,14-15H2,1-3H3/b13-11+. The van der Waals surface area contributed by atoms with Crippen LogP contribution in [0.5, 0.6) is 17.2 Å². The van der Waals surface area contributed by atoms with Gasteiger partial charge in [-0.05, 0) is 42.8 Å². The predicted octanol–water partition coefficient (Wildman–Crippen LogP) is 3.64. The number of hydrogen-bond donors (Lipinski definition) is 0. The van der Waals surface area contributed by atoms with Crippen LogP contribution in [0.2, 0.25) is 0 Å². The molecular formula is C21H25NO4. The first-order valence-corrected chi connectivity index (χ1v) is 8.56. The Labute approximate surface area is 154 Å². The molecule has 2 aromatic rings. The lowest BCUT2D eigenvalue weighted by molar-refractivity contribution is -0.125. The number of methoxy groups -OCH3 is 1. The molecule has 0 aliphatic carbocycles. The summed E-state index contributed by atoms with van der Waals surface area (Å²) in [6.45, 7) is 3.41. The van der Waals surface area contributed by atoms with Gasteiger partial charge >= 0.3 is 0 Å². The van der Waals surface area contributed by atoms with Gasteiger partial charge in [0, 0.05) is 13.1 Å². The molecule has 138 valence electrons. The van der Waals surface area contributed by atoms with Gasteiger partial charge in [-0.25, -0.2) is 0 Å². The van der Waals surface area contributed by atoms with Crippen molar-refractivity contribution in [1.82, 2.24) is 4.90 Å². The maximum absolute atomic E-state index is 12.2. The monoisotopic (exact) mass is 355 g/mol. The van der Waals surface area contributed by atoms with E-state index in [1.807, 2.05) is 55.5 Å². The number of amides is 1. The van der Waals surface area contributed by atoms with Crippen LogP contribution < -0.4 is 14.2 Å². The molecule has 0 aliphatic rings. The van der Waals surface area contributed by atoms with Crippen LogP contribution in [0.15, 0.2) is 54.6 Å². The third kappa shape index (κ3) is 5.84. The Morgan fingerprint density at radius 3 is 2.54 bits per heavy atom. The van der Waals surface area contributed by atoms with Crippen molar-refractivity contribution < 1.29 is 19.0 Å². The molecule has 5 nitrogen and oxygen atoms in total. The Morgan fingerprint density at radius 1 is 1.08 bits per heavy atom. The van der Waals surface area contributed by atoms with Crippen molar-refractivity contribution >= 4 is 12.0 Å². The number of nitrogens with zero attached hydrogens (tertiary/aromatic N) is 1. The molecule has 1 amide bonds. The first-order valence-electron chi connectivity index (χ1n) is 8.56. The van der Waals surface area contributed by atoms with Gasteiger partial charge in [0.25, 0.3) is 0 Å². The molecule has 0 heterocycles. The van der Waals surface area contributed by atoms with Crippen LogP contribution in [-0.4, -0.2) is 44.7 Å². The molecule has 0 aromatic heterocycles. The fourth-order valence-electron chi connectivity index (χ4n) is 2.29. The molecule has 0 spiro atoms. The van der Waals surface area contributed by atoms with E-state index in [2.05, 4.69) is 0 Å². The minimum Gasteiger partial charge on any atom is -0.493 e. The summed E-state index contributed by atoms with van der Waals surface area (Å²) in [6.07, 6.45) is 3.30. The number of para-hydroxylation sites is 1. The molecule has 2 aromatic carbocycles. The van der Waals surface area contributed by atoms with E-state index in [4.69, 9.17) is 14.2 Å². The molecule has 2 rings (SSSR count). The molecule has 0 N–H and O–H groups in total. The van der Waals surface area contributed by atoms with Crippen LogP contribution in [0.3, 0.4) is 0 Å². The zero-order chi connectivity index (χ0) is 18.8. The first-order chi connectivity index (χ1) is 12.6. The van der Waals surface area contributed by atoms with Gasteiger partial charge in [-0.3, -0.25) is 4.79 Å². The highest BCUT2D eigenvalue weighted by Crippen LogP contribution is 2.28. The second-order valence-corrected chi connectivity index (χ2v) is 5.60. The maximum atomic E-state index is 12.2. The summed E-state index contributed by atoms with van der Waals surface area (Å²) in [4.78, 5) is 13.8. The number of ether oxygens (including phenoxy) is 3. The highest BCUT2D eigenvalue weighted by Gasteiger charge is 2.07. The number of hydrogen-bond acceptors (Lipinski definition) is 4. The van der Waals surface area contributed by atoms with Gasteiger partial charge in [0.15, 0.2) is 11.5 Å². The Kier molecular flexibility index (Phi) is 7.55. The van der Waals surface area contributed by atoms with Crippen molar-refractivity contribution in [2.45, 2.75) is 6.92 Å². The van der Waals surface area contributed by atoms with Crippen LogP contribution in [0, 0.1) is 0 Å². The number of benzene rings is 2. The van der Waals surface area contributed by atoms with Crippen molar-refractivity contribution in [2.24, 2.45) is 0 Å². The summed E-state index contributed by atoms with van der Waals surface area (Å²) in [7, 11) is 3.35. The van der Waals surface area contributed by atoms with E-state index in [1.54, 1.807) is 31.2 Å². The van der Waals surface area contributed by atoms with E-state index >= 15 is 0 Å². The van der Waals surface area contributed by atoms with Crippen LogP contribution in [0.4, 0.5) is 0 Å². The lowest BCUT2D eigenvalue weighted by Crippen LogP contribution is -2.29. The van der Waals surface area contributed by atoms with Crippen LogP contribution in [0.25, 0.3) is 6.08 Å². The summed E-state index contributed by atoms with van der Waals surface area (Å²) < 4.78 is 16.4. The number of carbonyl (C=O) groups excluding carboxylic acids is 1. The maximum Gasteiger partial charge on any atom is 0.246 e. The molecule has 0 saturated heterocycles. The van der Waals surface area contributed by atoms with Gasteiger partial charge in [-0.15, -0.1) is 0 Å². The largest absolute Gasteiger partial charge is 0.493 e. The third-order valence-electron chi connectivity index (χ3n) is 3.72. The highest BCUT2D eigenvalue weighted by atomic mass is 16.5. The fourth-order valence-corrected chi connectivity index (χ4v) is 2.29.